The molecule has 0 radical (unpaired) electrons. The van der Waals surface area contributed by atoms with Crippen LogP contribution in [-0.2, 0) is 6.42 Å². The molecule has 1 aromatic heterocycles. The summed E-state index contributed by atoms with van der Waals surface area (Å²) in [7, 11) is 0. The van der Waals surface area contributed by atoms with Crippen molar-refractivity contribution in [2.24, 2.45) is 0 Å². The molecule has 0 aliphatic carbocycles. The Balaban J connectivity index is 2.82. The number of rotatable bonds is 1. The molecule has 0 spiro atoms. The van der Waals surface area contributed by atoms with E-state index in [9.17, 15) is 0 Å². The zero-order chi connectivity index (χ0) is 9.42. The summed E-state index contributed by atoms with van der Waals surface area (Å²) in [5.74, 6) is 0. The lowest BCUT2D eigenvalue weighted by Crippen LogP contribution is -1.91. The van der Waals surface area contributed by atoms with Gasteiger partial charge in [0.1, 0.15) is 0 Å². The van der Waals surface area contributed by atoms with Crippen LogP contribution in [0.15, 0.2) is 18.2 Å². The average Bonchev–Trinajstić information content (AvgIpc) is 2.45. The van der Waals surface area contributed by atoms with Crippen LogP contribution in [0.3, 0.4) is 0 Å². The molecule has 2 nitrogen and oxygen atoms in total. The van der Waals surface area contributed by atoms with Gasteiger partial charge >= 0.3 is 0 Å². The molecule has 0 atom stereocenters. The third kappa shape index (κ3) is 1.25. The first-order valence-electron chi connectivity index (χ1n) is 4.28. The number of hydrogen-bond donors (Lipinski definition) is 2. The topological polar surface area (TPSA) is 52.0 Å². The van der Waals surface area contributed by atoms with E-state index in [1.54, 1.807) is 11.3 Å². The first-order chi connectivity index (χ1) is 6.22. The van der Waals surface area contributed by atoms with Gasteiger partial charge in [-0.05, 0) is 29.5 Å². The van der Waals surface area contributed by atoms with Crippen LogP contribution in [0, 0.1) is 0 Å². The van der Waals surface area contributed by atoms with Gasteiger partial charge < -0.3 is 11.5 Å². The van der Waals surface area contributed by atoms with Crippen molar-refractivity contribution in [3.05, 3.63) is 23.8 Å². The Morgan fingerprint density at radius 1 is 1.31 bits per heavy atom. The number of nitrogen functional groups attached to an aromatic ring is 2. The van der Waals surface area contributed by atoms with E-state index in [0.29, 0.717) is 0 Å². The number of benzene rings is 1. The minimum Gasteiger partial charge on any atom is -0.398 e. The highest BCUT2D eigenvalue weighted by molar-refractivity contribution is 7.22. The lowest BCUT2D eigenvalue weighted by molar-refractivity contribution is 1.17. The van der Waals surface area contributed by atoms with Crippen LogP contribution in [0.25, 0.3) is 10.1 Å². The van der Waals surface area contributed by atoms with Crippen molar-refractivity contribution in [2.45, 2.75) is 13.3 Å². The molecule has 1 aromatic carbocycles. The molecular weight excluding hydrogens is 180 g/mol. The molecule has 3 heteroatoms. The van der Waals surface area contributed by atoms with Gasteiger partial charge in [0.05, 0.1) is 5.00 Å². The normalized spacial score (nSPS) is 10.8. The highest BCUT2D eigenvalue weighted by Gasteiger charge is 2.06. The molecule has 1 heterocycles. The number of fused-ring (bicyclic) bond motifs is 1. The second-order valence-electron chi connectivity index (χ2n) is 3.05. The second kappa shape index (κ2) is 2.92. The molecule has 0 unspecified atom stereocenters. The Bertz CT molecular complexity index is 445. The molecule has 0 bridgehead atoms. The van der Waals surface area contributed by atoms with Gasteiger partial charge in [-0.2, -0.15) is 0 Å². The lowest BCUT2D eigenvalue weighted by atomic mass is 10.1. The molecule has 0 fully saturated rings. The Morgan fingerprint density at radius 2 is 2.08 bits per heavy atom. The van der Waals surface area contributed by atoms with Gasteiger partial charge in [0.25, 0.3) is 0 Å². The molecule has 2 aromatic rings. The third-order valence-corrected chi connectivity index (χ3v) is 3.24. The fourth-order valence-corrected chi connectivity index (χ4v) is 2.61. The maximum Gasteiger partial charge on any atom is 0.0868 e. The molecule has 68 valence electrons. The molecule has 0 amide bonds. The minimum absolute atomic E-state index is 0.857. The van der Waals surface area contributed by atoms with Crippen molar-refractivity contribution in [3.63, 3.8) is 0 Å². The van der Waals surface area contributed by atoms with Crippen LogP contribution >= 0.6 is 11.3 Å². The summed E-state index contributed by atoms with van der Waals surface area (Å²) in [5, 5.41) is 2.06. The van der Waals surface area contributed by atoms with Crippen molar-refractivity contribution < 1.29 is 0 Å². The number of anilines is 2. The summed E-state index contributed by atoms with van der Waals surface area (Å²) in [4.78, 5) is 0. The molecule has 13 heavy (non-hydrogen) atoms. The number of aryl methyl sites for hydroxylation is 1. The fraction of sp³-hybridized carbons (Fsp3) is 0.200. The fourth-order valence-electron chi connectivity index (χ4n) is 1.56. The van der Waals surface area contributed by atoms with Crippen LogP contribution < -0.4 is 11.5 Å². The zero-order valence-electron chi connectivity index (χ0n) is 7.50. The second-order valence-corrected chi connectivity index (χ2v) is 4.14. The molecule has 0 aliphatic heterocycles. The Kier molecular flexibility index (Phi) is 1.88. The highest BCUT2D eigenvalue weighted by Crippen LogP contribution is 2.33. The zero-order valence-corrected chi connectivity index (χ0v) is 8.32. The quantitative estimate of drug-likeness (QED) is 0.682. The van der Waals surface area contributed by atoms with Gasteiger partial charge in [-0.25, -0.2) is 0 Å². The number of thiophene rings is 1. The largest absolute Gasteiger partial charge is 0.398 e. The van der Waals surface area contributed by atoms with Gasteiger partial charge in [-0.15, -0.1) is 11.3 Å². The average molecular weight is 192 g/mol. The van der Waals surface area contributed by atoms with Gasteiger partial charge in [-0.1, -0.05) is 13.0 Å². The predicted molar refractivity (Wildman–Crippen MR) is 60.0 cm³/mol. The molecule has 0 saturated carbocycles. The van der Waals surface area contributed by atoms with E-state index in [2.05, 4.69) is 6.92 Å². The summed E-state index contributed by atoms with van der Waals surface area (Å²) >= 11 is 1.62. The maximum atomic E-state index is 5.87. The smallest absolute Gasteiger partial charge is 0.0868 e. The van der Waals surface area contributed by atoms with Gasteiger partial charge in [0.2, 0.25) is 0 Å². The first kappa shape index (κ1) is 8.38. The monoisotopic (exact) mass is 192 g/mol. The maximum absolute atomic E-state index is 5.87. The Labute approximate surface area is 81.2 Å². The standard InChI is InChI=1S/C10H12N2S/c1-2-7-8(11)4-3-6-5-9(12)13-10(6)7/h3-5H,2,11-12H2,1H3. The summed E-state index contributed by atoms with van der Waals surface area (Å²) in [6.45, 7) is 2.11. The third-order valence-electron chi connectivity index (χ3n) is 2.20. The molecule has 2 rings (SSSR count). The van der Waals surface area contributed by atoms with Crippen LogP contribution in [0.1, 0.15) is 12.5 Å². The Morgan fingerprint density at radius 3 is 2.77 bits per heavy atom. The molecule has 4 N–H and O–H groups in total. The van der Waals surface area contributed by atoms with Crippen molar-refractivity contribution in [3.8, 4) is 0 Å². The van der Waals surface area contributed by atoms with E-state index >= 15 is 0 Å². The summed E-state index contributed by atoms with van der Waals surface area (Å²) in [6, 6.07) is 5.97. The van der Waals surface area contributed by atoms with Crippen molar-refractivity contribution in [2.75, 3.05) is 11.5 Å². The van der Waals surface area contributed by atoms with E-state index in [1.807, 2.05) is 18.2 Å². The predicted octanol–water partition coefficient (Wildman–Crippen LogP) is 2.63. The van der Waals surface area contributed by atoms with E-state index < -0.39 is 0 Å². The summed E-state index contributed by atoms with van der Waals surface area (Å²) in [5.41, 5.74) is 13.7. The van der Waals surface area contributed by atoms with E-state index in [4.69, 9.17) is 11.5 Å². The molecular formula is C10H12N2S. The number of nitrogens with two attached hydrogens (primary N) is 2. The molecule has 0 saturated heterocycles. The van der Waals surface area contributed by atoms with Gasteiger partial charge in [-0.3, -0.25) is 0 Å². The first-order valence-corrected chi connectivity index (χ1v) is 5.10. The van der Waals surface area contributed by atoms with Crippen LogP contribution in [-0.4, -0.2) is 0 Å². The van der Waals surface area contributed by atoms with Crippen molar-refractivity contribution >= 4 is 32.1 Å². The van der Waals surface area contributed by atoms with E-state index in [-0.39, 0.29) is 0 Å². The van der Waals surface area contributed by atoms with E-state index in [0.717, 1.165) is 17.1 Å². The van der Waals surface area contributed by atoms with E-state index in [1.165, 1.54) is 15.6 Å². The SMILES string of the molecule is CCc1c(N)ccc2cc(N)sc12. The van der Waals surface area contributed by atoms with Gasteiger partial charge in [0.15, 0.2) is 0 Å². The van der Waals surface area contributed by atoms with Gasteiger partial charge in [0, 0.05) is 10.4 Å². The summed E-state index contributed by atoms with van der Waals surface area (Å²) in [6.07, 6.45) is 0.961. The minimum atomic E-state index is 0.857. The number of hydrogen-bond acceptors (Lipinski definition) is 3. The highest BCUT2D eigenvalue weighted by atomic mass is 32.1. The lowest BCUT2D eigenvalue weighted by Gasteiger charge is -2.02. The van der Waals surface area contributed by atoms with Crippen LogP contribution in [0.2, 0.25) is 0 Å². The molecule has 0 aliphatic rings. The van der Waals surface area contributed by atoms with Crippen LogP contribution in [0.4, 0.5) is 10.7 Å². The Hall–Kier alpha value is -1.22. The summed E-state index contributed by atoms with van der Waals surface area (Å²) < 4.78 is 1.24. The van der Waals surface area contributed by atoms with Crippen molar-refractivity contribution in [1.82, 2.24) is 0 Å². The van der Waals surface area contributed by atoms with Crippen LogP contribution in [0.5, 0.6) is 0 Å². The van der Waals surface area contributed by atoms with Crippen molar-refractivity contribution in [1.29, 1.82) is 0 Å².